The number of unbranched alkanes of at least 4 members (excludes halogenated alkanes) is 14. The van der Waals surface area contributed by atoms with Crippen molar-refractivity contribution < 1.29 is 69.5 Å². The Morgan fingerprint density at radius 1 is 0.667 bits per heavy atom. The fourth-order valence-electron chi connectivity index (χ4n) is 2.65. The number of hydrogen-bond acceptors (Lipinski definition) is 1. The standard InChI is InChI=1S/C18H36O2.Rb.H/c1-2-3-4-5-6-7-8-9-10-11-12-13-14-15-16-17-18(19)20;;/h2-17H2,1H3,(H,19,20);;/q;+1;-1. The van der Waals surface area contributed by atoms with E-state index in [9.17, 15) is 4.79 Å². The zero-order valence-corrected chi connectivity index (χ0v) is 19.6. The Labute approximate surface area is 183 Å². The molecule has 0 aromatic rings. The Hall–Kier alpha value is 1.28. The van der Waals surface area contributed by atoms with Crippen LogP contribution < -0.4 is 58.2 Å². The molecule has 0 unspecified atom stereocenters. The van der Waals surface area contributed by atoms with Gasteiger partial charge in [-0.1, -0.05) is 96.8 Å². The molecular formula is C18H37O2Rb. The molecule has 0 aliphatic rings. The van der Waals surface area contributed by atoms with Gasteiger partial charge in [0.05, 0.1) is 0 Å². The van der Waals surface area contributed by atoms with Crippen molar-refractivity contribution in [3.05, 3.63) is 0 Å². The minimum atomic E-state index is -0.653. The number of hydrogen-bond donors (Lipinski definition) is 1. The van der Waals surface area contributed by atoms with Crippen molar-refractivity contribution in [2.75, 3.05) is 0 Å². The summed E-state index contributed by atoms with van der Waals surface area (Å²) in [6.45, 7) is 2.27. The minimum Gasteiger partial charge on any atom is -1.00 e. The van der Waals surface area contributed by atoms with E-state index in [1.807, 2.05) is 0 Å². The Balaban J connectivity index is -0.00000180. The molecule has 0 aliphatic heterocycles. The maximum Gasteiger partial charge on any atom is 1.00 e. The van der Waals surface area contributed by atoms with Crippen molar-refractivity contribution in [2.24, 2.45) is 0 Å². The second kappa shape index (κ2) is 21.3. The summed E-state index contributed by atoms with van der Waals surface area (Å²) in [5, 5.41) is 8.52. The van der Waals surface area contributed by atoms with Gasteiger partial charge in [-0.25, -0.2) is 0 Å². The second-order valence-electron chi connectivity index (χ2n) is 6.09. The molecule has 0 bridgehead atoms. The average molecular weight is 371 g/mol. The number of carboxylic acid groups (broad SMARTS) is 1. The van der Waals surface area contributed by atoms with Crippen LogP contribution in [0.1, 0.15) is 111 Å². The molecule has 0 heterocycles. The topological polar surface area (TPSA) is 37.3 Å². The van der Waals surface area contributed by atoms with Gasteiger partial charge < -0.3 is 6.53 Å². The molecule has 21 heavy (non-hydrogen) atoms. The van der Waals surface area contributed by atoms with Gasteiger partial charge in [-0.15, -0.1) is 0 Å². The Morgan fingerprint density at radius 3 is 1.24 bits per heavy atom. The van der Waals surface area contributed by atoms with E-state index in [-0.39, 0.29) is 59.6 Å². The van der Waals surface area contributed by atoms with Crippen LogP contribution >= 0.6 is 0 Å². The third kappa shape index (κ3) is 23.7. The fraction of sp³-hybridized carbons (Fsp3) is 0.944. The maximum atomic E-state index is 10.3. The quantitative estimate of drug-likeness (QED) is 0.422. The van der Waals surface area contributed by atoms with Gasteiger partial charge in [0.2, 0.25) is 0 Å². The number of carboxylic acids is 1. The van der Waals surface area contributed by atoms with Crippen LogP contribution in [0.3, 0.4) is 0 Å². The Bertz CT molecular complexity index is 213. The monoisotopic (exact) mass is 370 g/mol. The Kier molecular flexibility index (Phi) is 24.8. The SMILES string of the molecule is CCCCCCCCCCCCCCCCCC(=O)O.[H-].[Rb+]. The minimum absolute atomic E-state index is 0. The zero-order chi connectivity index (χ0) is 14.9. The van der Waals surface area contributed by atoms with Gasteiger partial charge in [0.15, 0.2) is 0 Å². The van der Waals surface area contributed by atoms with E-state index in [1.165, 1.54) is 83.5 Å². The molecule has 0 rings (SSSR count). The van der Waals surface area contributed by atoms with Gasteiger partial charge in [-0.3, -0.25) is 4.79 Å². The van der Waals surface area contributed by atoms with Crippen LogP contribution in [0.25, 0.3) is 0 Å². The summed E-state index contributed by atoms with van der Waals surface area (Å²) in [5.41, 5.74) is 0. The molecule has 0 spiro atoms. The fourth-order valence-corrected chi connectivity index (χ4v) is 2.65. The number of carbonyl (C=O) groups is 1. The normalized spacial score (nSPS) is 10.3. The van der Waals surface area contributed by atoms with Gasteiger partial charge >= 0.3 is 64.2 Å². The van der Waals surface area contributed by atoms with Crippen LogP contribution in [-0.4, -0.2) is 11.1 Å². The molecule has 0 aliphatic carbocycles. The molecule has 0 atom stereocenters. The van der Waals surface area contributed by atoms with E-state index >= 15 is 0 Å². The zero-order valence-electron chi connectivity index (χ0n) is 15.7. The van der Waals surface area contributed by atoms with Crippen LogP contribution in [-0.2, 0) is 4.79 Å². The van der Waals surface area contributed by atoms with E-state index in [1.54, 1.807) is 0 Å². The molecular weight excluding hydrogens is 334 g/mol. The third-order valence-corrected chi connectivity index (χ3v) is 3.99. The summed E-state index contributed by atoms with van der Waals surface area (Å²) in [5.74, 6) is -0.653. The maximum absolute atomic E-state index is 10.3. The van der Waals surface area contributed by atoms with E-state index in [2.05, 4.69) is 6.92 Å². The molecule has 0 saturated carbocycles. The van der Waals surface area contributed by atoms with E-state index in [0.29, 0.717) is 6.42 Å². The molecule has 3 heteroatoms. The van der Waals surface area contributed by atoms with Crippen LogP contribution in [0.5, 0.6) is 0 Å². The van der Waals surface area contributed by atoms with Gasteiger partial charge in [0, 0.05) is 6.42 Å². The Morgan fingerprint density at radius 2 is 0.952 bits per heavy atom. The molecule has 0 amide bonds. The van der Waals surface area contributed by atoms with Crippen LogP contribution in [0.2, 0.25) is 0 Å². The average Bonchev–Trinajstić information content (AvgIpc) is 2.43. The molecule has 2 nitrogen and oxygen atoms in total. The van der Waals surface area contributed by atoms with Gasteiger partial charge in [0.1, 0.15) is 0 Å². The summed E-state index contributed by atoms with van der Waals surface area (Å²) in [6, 6.07) is 0. The van der Waals surface area contributed by atoms with Crippen molar-refractivity contribution in [3.63, 3.8) is 0 Å². The summed E-state index contributed by atoms with van der Waals surface area (Å²) in [4.78, 5) is 10.3. The summed E-state index contributed by atoms with van der Waals surface area (Å²) < 4.78 is 0. The van der Waals surface area contributed by atoms with E-state index < -0.39 is 5.97 Å². The van der Waals surface area contributed by atoms with Crippen LogP contribution in [0, 0.1) is 0 Å². The molecule has 1 N–H and O–H groups in total. The molecule has 0 aromatic heterocycles. The van der Waals surface area contributed by atoms with Crippen molar-refractivity contribution in [3.8, 4) is 0 Å². The summed E-state index contributed by atoms with van der Waals surface area (Å²) in [6.07, 6.45) is 20.2. The molecule has 0 fully saturated rings. The summed E-state index contributed by atoms with van der Waals surface area (Å²) >= 11 is 0. The molecule has 0 radical (unpaired) electrons. The van der Waals surface area contributed by atoms with Crippen molar-refractivity contribution in [1.82, 2.24) is 0 Å². The van der Waals surface area contributed by atoms with Gasteiger partial charge in [-0.2, -0.15) is 0 Å². The van der Waals surface area contributed by atoms with Crippen molar-refractivity contribution in [1.29, 1.82) is 0 Å². The van der Waals surface area contributed by atoms with Crippen molar-refractivity contribution >= 4 is 5.97 Å². The van der Waals surface area contributed by atoms with Gasteiger partial charge in [-0.05, 0) is 6.42 Å². The number of aliphatic carboxylic acids is 1. The van der Waals surface area contributed by atoms with Crippen molar-refractivity contribution in [2.45, 2.75) is 110 Å². The molecule has 0 saturated heterocycles. The number of rotatable bonds is 16. The largest absolute Gasteiger partial charge is 1.00 e. The molecule has 122 valence electrons. The first-order valence-electron chi connectivity index (χ1n) is 8.99. The molecule has 0 aromatic carbocycles. The first kappa shape index (κ1) is 24.5. The second-order valence-corrected chi connectivity index (χ2v) is 6.09. The smallest absolute Gasteiger partial charge is 1.00 e. The van der Waals surface area contributed by atoms with Crippen LogP contribution in [0.15, 0.2) is 0 Å². The van der Waals surface area contributed by atoms with E-state index in [4.69, 9.17) is 5.11 Å². The first-order valence-corrected chi connectivity index (χ1v) is 8.99. The first-order chi connectivity index (χ1) is 9.77. The predicted molar refractivity (Wildman–Crippen MR) is 88.3 cm³/mol. The van der Waals surface area contributed by atoms with Crippen LogP contribution in [0.4, 0.5) is 0 Å². The van der Waals surface area contributed by atoms with Gasteiger partial charge in [0.25, 0.3) is 0 Å². The van der Waals surface area contributed by atoms with E-state index in [0.717, 1.165) is 12.8 Å². The summed E-state index contributed by atoms with van der Waals surface area (Å²) in [7, 11) is 0. The predicted octanol–water partition coefficient (Wildman–Crippen LogP) is 3.45. The third-order valence-electron chi connectivity index (χ3n) is 3.99.